The van der Waals surface area contributed by atoms with Crippen LogP contribution in [0, 0.1) is 0 Å². The highest BCUT2D eigenvalue weighted by Gasteiger charge is 2.28. The van der Waals surface area contributed by atoms with Gasteiger partial charge in [0.15, 0.2) is 5.82 Å². The molecule has 2 heterocycles. The van der Waals surface area contributed by atoms with Crippen molar-refractivity contribution in [1.82, 2.24) is 14.9 Å². The Morgan fingerprint density at radius 2 is 1.45 bits per heavy atom. The van der Waals surface area contributed by atoms with Crippen molar-refractivity contribution in [2.75, 3.05) is 22.2 Å². The molecule has 1 aliphatic heterocycles. The van der Waals surface area contributed by atoms with Gasteiger partial charge in [-0.25, -0.2) is 0 Å². The van der Waals surface area contributed by atoms with Gasteiger partial charge in [-0.1, -0.05) is 47.6 Å². The number of hydrogen-bond donors (Lipinski definition) is 3. The number of aromatic hydroxyl groups is 1. The number of para-hydroxylation sites is 2. The zero-order chi connectivity index (χ0) is 27.6. The molecule has 0 spiro atoms. The van der Waals surface area contributed by atoms with Gasteiger partial charge in [-0.05, 0) is 72.8 Å². The van der Waals surface area contributed by atoms with E-state index in [0.29, 0.717) is 22.0 Å². The van der Waals surface area contributed by atoms with Gasteiger partial charge in [0.2, 0.25) is 5.95 Å². The minimum absolute atomic E-state index is 0.0872. The maximum Gasteiger partial charge on any atom is 0.270 e. The molecule has 2 amide bonds. The number of hydrogen-bond acceptors (Lipinski definition) is 7. The predicted molar refractivity (Wildman–Crippen MR) is 155 cm³/mol. The van der Waals surface area contributed by atoms with Gasteiger partial charge in [0.25, 0.3) is 11.8 Å². The Labute approximate surface area is 238 Å². The van der Waals surface area contributed by atoms with Crippen molar-refractivity contribution in [2.45, 2.75) is 9.79 Å². The number of nitrogens with zero attached hydrogens (tertiary/aromatic N) is 4. The van der Waals surface area contributed by atoms with Gasteiger partial charge >= 0.3 is 0 Å². The van der Waals surface area contributed by atoms with Crippen LogP contribution in [0.5, 0.6) is 5.75 Å². The standard InChI is InChI=1S/C29H21ClN6O3S/c30-20-13-9-19(10-14-20)28(39)34-36-27(18-11-15-21(37)16-12-18)32-33-29(36)31-17-26(38)35-22-5-1-3-7-24(22)40-25-8-4-2-6-23(25)35/h1-16,37H,17H2,(H,31,33)(H,34,39). The van der Waals surface area contributed by atoms with Crippen LogP contribution in [0.15, 0.2) is 107 Å². The molecule has 11 heteroatoms. The number of carbonyl (C=O) groups excluding carboxylic acids is 2. The monoisotopic (exact) mass is 568 g/mol. The summed E-state index contributed by atoms with van der Waals surface area (Å²) in [5.74, 6) is -0.0926. The van der Waals surface area contributed by atoms with Crippen molar-refractivity contribution in [3.8, 4) is 17.1 Å². The van der Waals surface area contributed by atoms with E-state index < -0.39 is 5.91 Å². The Morgan fingerprint density at radius 3 is 2.10 bits per heavy atom. The number of phenols is 1. The molecule has 3 N–H and O–H groups in total. The third-order valence-corrected chi connectivity index (χ3v) is 7.57. The summed E-state index contributed by atoms with van der Waals surface area (Å²) in [6, 6.07) is 28.2. The van der Waals surface area contributed by atoms with Crippen molar-refractivity contribution in [2.24, 2.45) is 0 Å². The van der Waals surface area contributed by atoms with Crippen LogP contribution in [-0.2, 0) is 4.79 Å². The van der Waals surface area contributed by atoms with Crippen LogP contribution < -0.4 is 15.6 Å². The molecule has 4 aromatic carbocycles. The molecule has 5 aromatic rings. The summed E-state index contributed by atoms with van der Waals surface area (Å²) in [5.41, 5.74) is 5.35. The summed E-state index contributed by atoms with van der Waals surface area (Å²) in [6.07, 6.45) is 0. The molecule has 198 valence electrons. The van der Waals surface area contributed by atoms with Gasteiger partial charge in [0.05, 0.1) is 17.9 Å². The number of nitrogens with one attached hydrogen (secondary N) is 2. The van der Waals surface area contributed by atoms with E-state index in [-0.39, 0.29) is 24.1 Å². The SMILES string of the molecule is O=C(Nn1c(NCC(=O)N2c3ccccc3Sc3ccccc32)nnc1-c1ccc(O)cc1)c1ccc(Cl)cc1. The Morgan fingerprint density at radius 1 is 0.825 bits per heavy atom. The lowest BCUT2D eigenvalue weighted by Gasteiger charge is -2.31. The van der Waals surface area contributed by atoms with Crippen LogP contribution in [0.3, 0.4) is 0 Å². The molecule has 40 heavy (non-hydrogen) atoms. The molecule has 9 nitrogen and oxygen atoms in total. The molecule has 0 saturated carbocycles. The summed E-state index contributed by atoms with van der Waals surface area (Å²) in [7, 11) is 0. The molecule has 0 fully saturated rings. The van der Waals surface area contributed by atoms with E-state index in [9.17, 15) is 14.7 Å². The molecule has 1 aromatic heterocycles. The second-order valence-corrected chi connectivity index (χ2v) is 10.3. The highest BCUT2D eigenvalue weighted by Crippen LogP contribution is 2.47. The number of halogens is 1. The largest absolute Gasteiger partial charge is 0.508 e. The minimum Gasteiger partial charge on any atom is -0.508 e. The topological polar surface area (TPSA) is 112 Å². The van der Waals surface area contributed by atoms with Gasteiger partial charge in [-0.3, -0.25) is 19.9 Å². The van der Waals surface area contributed by atoms with Gasteiger partial charge < -0.3 is 10.4 Å². The number of phenolic OH excluding ortho intramolecular Hbond substituents is 1. The third kappa shape index (κ3) is 4.97. The first-order valence-corrected chi connectivity index (χ1v) is 13.4. The van der Waals surface area contributed by atoms with Crippen molar-refractivity contribution in [3.63, 3.8) is 0 Å². The first kappa shape index (κ1) is 25.5. The zero-order valence-electron chi connectivity index (χ0n) is 20.8. The van der Waals surface area contributed by atoms with Crippen LogP contribution in [0.2, 0.25) is 5.02 Å². The Bertz CT molecular complexity index is 1680. The van der Waals surface area contributed by atoms with Crippen LogP contribution >= 0.6 is 23.4 Å². The van der Waals surface area contributed by atoms with E-state index in [0.717, 1.165) is 21.2 Å². The molecule has 6 rings (SSSR count). The molecule has 0 bridgehead atoms. The van der Waals surface area contributed by atoms with Gasteiger partial charge in [0.1, 0.15) is 5.75 Å². The number of aromatic nitrogens is 3. The van der Waals surface area contributed by atoms with E-state index in [2.05, 4.69) is 20.9 Å². The summed E-state index contributed by atoms with van der Waals surface area (Å²) >= 11 is 7.59. The lowest BCUT2D eigenvalue weighted by Crippen LogP contribution is -2.34. The number of anilines is 3. The van der Waals surface area contributed by atoms with Crippen LogP contribution in [0.25, 0.3) is 11.4 Å². The second-order valence-electron chi connectivity index (χ2n) is 8.80. The molecule has 1 aliphatic rings. The highest BCUT2D eigenvalue weighted by atomic mass is 35.5. The molecular weight excluding hydrogens is 548 g/mol. The van der Waals surface area contributed by atoms with Gasteiger partial charge in [0, 0.05) is 25.9 Å². The van der Waals surface area contributed by atoms with Crippen LogP contribution in [-0.4, -0.2) is 38.3 Å². The molecule has 0 unspecified atom stereocenters. The van der Waals surface area contributed by atoms with Crippen molar-refractivity contribution >= 4 is 52.5 Å². The van der Waals surface area contributed by atoms with E-state index in [4.69, 9.17) is 11.6 Å². The fourth-order valence-corrected chi connectivity index (χ4v) is 5.46. The highest BCUT2D eigenvalue weighted by molar-refractivity contribution is 7.99. The predicted octanol–water partition coefficient (Wildman–Crippen LogP) is 5.93. The number of amides is 2. The second kappa shape index (κ2) is 10.8. The van der Waals surface area contributed by atoms with E-state index in [1.807, 2.05) is 48.5 Å². The quantitative estimate of drug-likeness (QED) is 0.233. The molecular formula is C29H21ClN6O3S. The lowest BCUT2D eigenvalue weighted by atomic mass is 10.2. The normalized spacial score (nSPS) is 11.9. The van der Waals surface area contributed by atoms with Crippen LogP contribution in [0.4, 0.5) is 17.3 Å². The zero-order valence-corrected chi connectivity index (χ0v) is 22.4. The Balaban J connectivity index is 1.30. The first-order chi connectivity index (χ1) is 19.5. The fraction of sp³-hybridized carbons (Fsp3) is 0.0345. The van der Waals surface area contributed by atoms with Crippen molar-refractivity contribution < 1.29 is 14.7 Å². The van der Waals surface area contributed by atoms with Crippen LogP contribution in [0.1, 0.15) is 10.4 Å². The van der Waals surface area contributed by atoms with Gasteiger partial charge in [-0.2, -0.15) is 4.68 Å². The average molecular weight is 569 g/mol. The summed E-state index contributed by atoms with van der Waals surface area (Å²) in [5, 5.41) is 21.7. The lowest BCUT2D eigenvalue weighted by molar-refractivity contribution is -0.116. The Hall–Kier alpha value is -4.80. The third-order valence-electron chi connectivity index (χ3n) is 6.19. The summed E-state index contributed by atoms with van der Waals surface area (Å²) < 4.78 is 1.38. The maximum absolute atomic E-state index is 13.7. The van der Waals surface area contributed by atoms with Gasteiger partial charge in [-0.15, -0.1) is 10.2 Å². The smallest absolute Gasteiger partial charge is 0.270 e. The molecule has 0 aliphatic carbocycles. The van der Waals surface area contributed by atoms with E-state index in [1.54, 1.807) is 53.1 Å². The molecule has 0 saturated heterocycles. The number of fused-ring (bicyclic) bond motifs is 2. The molecule has 0 atom stereocenters. The van der Waals surface area contributed by atoms with E-state index in [1.165, 1.54) is 16.8 Å². The molecule has 0 radical (unpaired) electrons. The van der Waals surface area contributed by atoms with E-state index >= 15 is 0 Å². The maximum atomic E-state index is 13.7. The number of benzene rings is 4. The number of carbonyl (C=O) groups is 2. The van der Waals surface area contributed by atoms with Crippen molar-refractivity contribution in [3.05, 3.63) is 108 Å². The summed E-state index contributed by atoms with van der Waals surface area (Å²) in [4.78, 5) is 30.4. The van der Waals surface area contributed by atoms with Crippen molar-refractivity contribution in [1.29, 1.82) is 0 Å². The average Bonchev–Trinajstić information content (AvgIpc) is 3.37. The first-order valence-electron chi connectivity index (χ1n) is 12.2. The Kier molecular flexibility index (Phi) is 6.85. The minimum atomic E-state index is -0.429. The number of rotatable bonds is 6. The summed E-state index contributed by atoms with van der Waals surface area (Å²) in [6.45, 7) is -0.127. The fourth-order valence-electron chi connectivity index (χ4n) is 4.28.